The molecule has 1 rings (SSSR count). The highest BCUT2D eigenvalue weighted by molar-refractivity contribution is 7.14. The molecule has 0 aliphatic carbocycles. The molecule has 0 radical (unpaired) electrons. The van der Waals surface area contributed by atoms with Crippen molar-refractivity contribution >= 4 is 17.2 Å². The molecule has 0 atom stereocenters. The van der Waals surface area contributed by atoms with Crippen molar-refractivity contribution in [2.45, 2.75) is 27.2 Å². The Kier molecular flexibility index (Phi) is 8.06. The van der Waals surface area contributed by atoms with E-state index >= 15 is 0 Å². The van der Waals surface area contributed by atoms with E-state index in [9.17, 15) is 4.79 Å². The number of hydrogen-bond donors (Lipinski definition) is 2. The minimum atomic E-state index is -0.171. The van der Waals surface area contributed by atoms with Crippen LogP contribution in [-0.4, -0.2) is 37.4 Å². The van der Waals surface area contributed by atoms with Crippen LogP contribution in [0, 0.1) is 24.7 Å². The van der Waals surface area contributed by atoms with Crippen molar-refractivity contribution in [3.05, 3.63) is 21.4 Å². The standard InChI is InChI=1S/C16H23NO3S/c1-12(2)11-20-9-5-7-17-16(19)15-10-13(3)14(21-15)6-4-8-18/h10,12,18H,5,7-9,11H2,1-3H3,(H,17,19). The SMILES string of the molecule is Cc1cc(C(=O)NCCCOCC(C)C)sc1C#CCO. The maximum absolute atomic E-state index is 12.0. The van der Waals surface area contributed by atoms with E-state index in [1.165, 1.54) is 11.3 Å². The topological polar surface area (TPSA) is 58.6 Å². The molecule has 116 valence electrons. The minimum absolute atomic E-state index is 0.0796. The second-order valence-corrected chi connectivity index (χ2v) is 6.21. The van der Waals surface area contributed by atoms with Crippen molar-refractivity contribution in [1.29, 1.82) is 0 Å². The van der Waals surface area contributed by atoms with Gasteiger partial charge >= 0.3 is 0 Å². The average molecular weight is 309 g/mol. The first-order chi connectivity index (χ1) is 10.0. The van der Waals surface area contributed by atoms with Gasteiger partial charge in [-0.3, -0.25) is 4.79 Å². The molecule has 1 aromatic rings. The zero-order valence-electron chi connectivity index (χ0n) is 12.9. The van der Waals surface area contributed by atoms with Gasteiger partial charge in [-0.05, 0) is 30.9 Å². The van der Waals surface area contributed by atoms with Crippen LogP contribution in [0.15, 0.2) is 6.07 Å². The van der Waals surface area contributed by atoms with Gasteiger partial charge in [-0.25, -0.2) is 0 Å². The largest absolute Gasteiger partial charge is 0.384 e. The molecule has 0 unspecified atom stereocenters. The summed E-state index contributed by atoms with van der Waals surface area (Å²) in [5, 5.41) is 11.6. The number of nitrogens with one attached hydrogen (secondary N) is 1. The highest BCUT2D eigenvalue weighted by Gasteiger charge is 2.10. The Morgan fingerprint density at radius 1 is 1.52 bits per heavy atom. The second-order valence-electron chi connectivity index (χ2n) is 5.16. The normalized spacial score (nSPS) is 10.3. The number of aryl methyl sites for hydroxylation is 1. The van der Waals surface area contributed by atoms with Crippen LogP contribution in [-0.2, 0) is 4.74 Å². The third-order valence-corrected chi connectivity index (χ3v) is 3.78. The summed E-state index contributed by atoms with van der Waals surface area (Å²) < 4.78 is 5.46. The zero-order chi connectivity index (χ0) is 15.7. The van der Waals surface area contributed by atoms with Gasteiger partial charge in [-0.2, -0.15) is 0 Å². The Morgan fingerprint density at radius 2 is 2.29 bits per heavy atom. The Labute approximate surface area is 130 Å². The number of carbonyl (C=O) groups excluding carboxylic acids is 1. The van der Waals surface area contributed by atoms with Gasteiger partial charge in [0.25, 0.3) is 5.91 Å². The van der Waals surface area contributed by atoms with Gasteiger partial charge in [0, 0.05) is 19.8 Å². The van der Waals surface area contributed by atoms with Crippen molar-refractivity contribution in [3.8, 4) is 11.8 Å². The molecule has 0 aliphatic heterocycles. The smallest absolute Gasteiger partial charge is 0.261 e. The van der Waals surface area contributed by atoms with E-state index in [1.807, 2.05) is 13.0 Å². The molecular formula is C16H23NO3S. The van der Waals surface area contributed by atoms with Crippen LogP contribution in [0.25, 0.3) is 0 Å². The summed E-state index contributed by atoms with van der Waals surface area (Å²) in [6.45, 7) is 7.98. The molecule has 2 N–H and O–H groups in total. The van der Waals surface area contributed by atoms with Crippen LogP contribution in [0.5, 0.6) is 0 Å². The highest BCUT2D eigenvalue weighted by atomic mass is 32.1. The lowest BCUT2D eigenvalue weighted by atomic mass is 10.2. The Morgan fingerprint density at radius 3 is 2.95 bits per heavy atom. The van der Waals surface area contributed by atoms with Gasteiger partial charge < -0.3 is 15.2 Å². The molecule has 0 fully saturated rings. The molecule has 0 saturated heterocycles. The predicted octanol–water partition coefficient (Wildman–Crippen LogP) is 2.19. The fourth-order valence-corrected chi connectivity index (χ4v) is 2.58. The molecular weight excluding hydrogens is 286 g/mol. The number of aliphatic hydroxyl groups excluding tert-OH is 1. The van der Waals surface area contributed by atoms with Crippen molar-refractivity contribution in [2.75, 3.05) is 26.4 Å². The molecule has 0 saturated carbocycles. The number of amides is 1. The summed E-state index contributed by atoms with van der Waals surface area (Å²) in [4.78, 5) is 13.5. The fourth-order valence-electron chi connectivity index (χ4n) is 1.62. The van der Waals surface area contributed by atoms with Gasteiger partial charge in [0.05, 0.1) is 9.75 Å². The van der Waals surface area contributed by atoms with E-state index in [-0.39, 0.29) is 12.5 Å². The van der Waals surface area contributed by atoms with E-state index in [2.05, 4.69) is 31.0 Å². The van der Waals surface area contributed by atoms with Crippen molar-refractivity contribution < 1.29 is 14.6 Å². The number of carbonyl (C=O) groups is 1. The minimum Gasteiger partial charge on any atom is -0.384 e. The van der Waals surface area contributed by atoms with Gasteiger partial charge in [-0.1, -0.05) is 25.7 Å². The third-order valence-electron chi connectivity index (χ3n) is 2.62. The predicted molar refractivity (Wildman–Crippen MR) is 85.6 cm³/mol. The lowest BCUT2D eigenvalue weighted by Crippen LogP contribution is -2.24. The summed E-state index contributed by atoms with van der Waals surface area (Å²) in [5.74, 6) is 5.91. The monoisotopic (exact) mass is 309 g/mol. The molecule has 0 aromatic carbocycles. The summed E-state index contributed by atoms with van der Waals surface area (Å²) in [5.41, 5.74) is 0.964. The molecule has 0 bridgehead atoms. The van der Waals surface area contributed by atoms with Crippen molar-refractivity contribution in [2.24, 2.45) is 5.92 Å². The number of aliphatic hydroxyl groups is 1. The molecule has 1 heterocycles. The molecule has 1 aromatic heterocycles. The van der Waals surface area contributed by atoms with Crippen LogP contribution >= 0.6 is 11.3 Å². The Bertz CT molecular complexity index is 511. The Balaban J connectivity index is 2.35. The lowest BCUT2D eigenvalue weighted by molar-refractivity contribution is 0.0928. The molecule has 0 aliphatic rings. The molecule has 1 amide bonds. The number of ether oxygens (including phenoxy) is 1. The number of hydrogen-bond acceptors (Lipinski definition) is 4. The Hall–Kier alpha value is -1.35. The van der Waals surface area contributed by atoms with Crippen LogP contribution in [0.3, 0.4) is 0 Å². The van der Waals surface area contributed by atoms with Gasteiger partial charge in [0.2, 0.25) is 0 Å². The summed E-state index contributed by atoms with van der Waals surface area (Å²) in [6, 6.07) is 1.83. The van der Waals surface area contributed by atoms with Crippen LogP contribution in [0.4, 0.5) is 0 Å². The van der Waals surface area contributed by atoms with E-state index in [0.717, 1.165) is 23.5 Å². The lowest BCUT2D eigenvalue weighted by Gasteiger charge is -2.07. The maximum atomic E-state index is 12.0. The molecule has 21 heavy (non-hydrogen) atoms. The molecule has 4 nitrogen and oxygen atoms in total. The molecule has 0 spiro atoms. The zero-order valence-corrected chi connectivity index (χ0v) is 13.7. The summed E-state index contributed by atoms with van der Waals surface area (Å²) >= 11 is 1.35. The fraction of sp³-hybridized carbons (Fsp3) is 0.562. The number of rotatable bonds is 7. The second kappa shape index (κ2) is 9.56. The van der Waals surface area contributed by atoms with Gasteiger partial charge in [-0.15, -0.1) is 11.3 Å². The van der Waals surface area contributed by atoms with E-state index in [4.69, 9.17) is 9.84 Å². The third kappa shape index (κ3) is 6.76. The summed E-state index contributed by atoms with van der Waals surface area (Å²) in [6.07, 6.45) is 0.806. The van der Waals surface area contributed by atoms with Crippen molar-refractivity contribution in [3.63, 3.8) is 0 Å². The quantitative estimate of drug-likeness (QED) is 0.599. The maximum Gasteiger partial charge on any atom is 0.261 e. The highest BCUT2D eigenvalue weighted by Crippen LogP contribution is 2.20. The number of thiophene rings is 1. The van der Waals surface area contributed by atoms with E-state index in [0.29, 0.717) is 23.9 Å². The van der Waals surface area contributed by atoms with Crippen LogP contribution in [0.1, 0.15) is 40.4 Å². The van der Waals surface area contributed by atoms with E-state index in [1.54, 1.807) is 0 Å². The van der Waals surface area contributed by atoms with Crippen LogP contribution in [0.2, 0.25) is 0 Å². The average Bonchev–Trinajstić information content (AvgIpc) is 2.81. The molecule has 5 heteroatoms. The van der Waals surface area contributed by atoms with Gasteiger partial charge in [0.1, 0.15) is 6.61 Å². The van der Waals surface area contributed by atoms with E-state index < -0.39 is 0 Å². The first-order valence-electron chi connectivity index (χ1n) is 7.10. The summed E-state index contributed by atoms with van der Waals surface area (Å²) in [7, 11) is 0. The van der Waals surface area contributed by atoms with Crippen molar-refractivity contribution in [1.82, 2.24) is 5.32 Å². The van der Waals surface area contributed by atoms with Crippen LogP contribution < -0.4 is 5.32 Å². The van der Waals surface area contributed by atoms with Gasteiger partial charge in [0.15, 0.2) is 0 Å². The first kappa shape index (κ1) is 17.7. The first-order valence-corrected chi connectivity index (χ1v) is 7.92.